The van der Waals surface area contributed by atoms with Gasteiger partial charge in [0.15, 0.2) is 0 Å². The highest BCUT2D eigenvalue weighted by Gasteiger charge is 2.36. The number of nitrogens with one attached hydrogen (secondary N) is 1. The number of hydrogen-bond acceptors (Lipinski definition) is 4. The molecule has 1 saturated heterocycles. The first-order chi connectivity index (χ1) is 10.2. The van der Waals surface area contributed by atoms with E-state index in [1.165, 1.54) is 0 Å². The first kappa shape index (κ1) is 14.4. The number of hydrogen-bond donors (Lipinski definition) is 2. The van der Waals surface area contributed by atoms with Gasteiger partial charge in [0.25, 0.3) is 5.91 Å². The monoisotopic (exact) mass is 305 g/mol. The van der Waals surface area contributed by atoms with Gasteiger partial charge in [-0.15, -0.1) is 0 Å². The summed E-state index contributed by atoms with van der Waals surface area (Å²) >= 11 is 1.64. The summed E-state index contributed by atoms with van der Waals surface area (Å²) in [6.07, 6.45) is 1.62. The van der Waals surface area contributed by atoms with Crippen molar-refractivity contribution in [2.24, 2.45) is 0 Å². The van der Waals surface area contributed by atoms with Crippen LogP contribution >= 0.6 is 11.8 Å². The standard InChI is InChI=1S/C15H19N3O2S/c1-21-7-6-13(19)15(20)18-8-10(9-18)14-16-11-4-2-3-5-12(11)17-14/h2-5,10,13,19H,6-9H2,1H3,(H,16,17). The summed E-state index contributed by atoms with van der Waals surface area (Å²) in [6.45, 7) is 1.27. The number of rotatable bonds is 5. The molecule has 1 aromatic carbocycles. The molecule has 0 aliphatic carbocycles. The van der Waals surface area contributed by atoms with E-state index in [9.17, 15) is 9.90 Å². The Morgan fingerprint density at radius 1 is 1.52 bits per heavy atom. The number of benzene rings is 1. The average molecular weight is 305 g/mol. The molecule has 0 bridgehead atoms. The third-order valence-electron chi connectivity index (χ3n) is 3.87. The van der Waals surface area contributed by atoms with Crippen LogP contribution in [0.3, 0.4) is 0 Å². The minimum Gasteiger partial charge on any atom is -0.383 e. The molecule has 5 nitrogen and oxygen atoms in total. The topological polar surface area (TPSA) is 69.2 Å². The van der Waals surface area contributed by atoms with Gasteiger partial charge in [-0.25, -0.2) is 4.98 Å². The molecular weight excluding hydrogens is 286 g/mol. The molecule has 2 aromatic rings. The van der Waals surface area contributed by atoms with E-state index in [0.717, 1.165) is 22.6 Å². The molecule has 21 heavy (non-hydrogen) atoms. The maximum Gasteiger partial charge on any atom is 0.251 e. The van der Waals surface area contributed by atoms with E-state index in [0.29, 0.717) is 19.5 Å². The van der Waals surface area contributed by atoms with E-state index in [4.69, 9.17) is 0 Å². The summed E-state index contributed by atoms with van der Waals surface area (Å²) in [4.78, 5) is 21.6. The van der Waals surface area contributed by atoms with Crippen LogP contribution in [0.1, 0.15) is 18.2 Å². The fourth-order valence-electron chi connectivity index (χ4n) is 2.56. The third-order valence-corrected chi connectivity index (χ3v) is 4.51. The summed E-state index contributed by atoms with van der Waals surface area (Å²) in [5.74, 6) is 1.82. The molecule has 2 heterocycles. The number of aliphatic hydroxyl groups excluding tert-OH is 1. The Kier molecular flexibility index (Phi) is 4.17. The fraction of sp³-hybridized carbons (Fsp3) is 0.467. The Morgan fingerprint density at radius 3 is 3.00 bits per heavy atom. The van der Waals surface area contributed by atoms with E-state index >= 15 is 0 Å². The lowest BCUT2D eigenvalue weighted by atomic mass is 9.98. The second kappa shape index (κ2) is 6.07. The number of amides is 1. The van der Waals surface area contributed by atoms with Gasteiger partial charge in [0.2, 0.25) is 0 Å². The van der Waals surface area contributed by atoms with Gasteiger partial charge in [0.1, 0.15) is 11.9 Å². The lowest BCUT2D eigenvalue weighted by Crippen LogP contribution is -2.52. The molecule has 0 radical (unpaired) electrons. The number of aromatic amines is 1. The largest absolute Gasteiger partial charge is 0.383 e. The Morgan fingerprint density at radius 2 is 2.29 bits per heavy atom. The summed E-state index contributed by atoms with van der Waals surface area (Å²) in [5.41, 5.74) is 1.98. The Labute approximate surface area is 127 Å². The summed E-state index contributed by atoms with van der Waals surface area (Å²) in [6, 6.07) is 7.91. The Balaban J connectivity index is 1.59. The number of carbonyl (C=O) groups is 1. The van der Waals surface area contributed by atoms with Gasteiger partial charge in [-0.05, 0) is 30.6 Å². The van der Waals surface area contributed by atoms with Crippen LogP contribution in [0.2, 0.25) is 0 Å². The smallest absolute Gasteiger partial charge is 0.251 e. The second-order valence-electron chi connectivity index (χ2n) is 5.38. The molecule has 2 N–H and O–H groups in total. The SMILES string of the molecule is CSCCC(O)C(=O)N1CC(c2nc3ccccc3[nH]2)C1. The Bertz CT molecular complexity index is 604. The summed E-state index contributed by atoms with van der Waals surface area (Å²) in [7, 11) is 0. The Hall–Kier alpha value is -1.53. The number of nitrogens with zero attached hydrogens (tertiary/aromatic N) is 2. The van der Waals surface area contributed by atoms with Gasteiger partial charge < -0.3 is 15.0 Å². The molecule has 1 amide bonds. The zero-order valence-electron chi connectivity index (χ0n) is 12.0. The van der Waals surface area contributed by atoms with E-state index in [1.807, 2.05) is 30.5 Å². The number of likely N-dealkylation sites (tertiary alicyclic amines) is 1. The van der Waals surface area contributed by atoms with Crippen molar-refractivity contribution in [3.05, 3.63) is 30.1 Å². The molecule has 1 aromatic heterocycles. The van der Waals surface area contributed by atoms with Crippen LogP contribution in [0.25, 0.3) is 11.0 Å². The average Bonchev–Trinajstić information content (AvgIpc) is 2.86. The molecule has 112 valence electrons. The van der Waals surface area contributed by atoms with Gasteiger partial charge in [-0.3, -0.25) is 4.79 Å². The minimum absolute atomic E-state index is 0.156. The van der Waals surface area contributed by atoms with Gasteiger partial charge >= 0.3 is 0 Å². The number of carbonyl (C=O) groups excluding carboxylic acids is 1. The highest BCUT2D eigenvalue weighted by molar-refractivity contribution is 7.98. The zero-order chi connectivity index (χ0) is 14.8. The van der Waals surface area contributed by atoms with Crippen molar-refractivity contribution in [2.75, 3.05) is 25.1 Å². The van der Waals surface area contributed by atoms with Crippen molar-refractivity contribution >= 4 is 28.7 Å². The molecule has 1 aliphatic heterocycles. The number of imidazole rings is 1. The lowest BCUT2D eigenvalue weighted by Gasteiger charge is -2.39. The van der Waals surface area contributed by atoms with Gasteiger partial charge in [-0.1, -0.05) is 12.1 Å². The number of thioether (sulfide) groups is 1. The molecule has 1 aliphatic rings. The van der Waals surface area contributed by atoms with E-state index < -0.39 is 6.10 Å². The molecular formula is C15H19N3O2S. The predicted octanol–water partition coefficient (Wildman–Crippen LogP) is 1.60. The fourth-order valence-corrected chi connectivity index (χ4v) is 3.02. The van der Waals surface area contributed by atoms with Gasteiger partial charge in [0, 0.05) is 13.1 Å². The first-order valence-electron chi connectivity index (χ1n) is 7.09. The van der Waals surface area contributed by atoms with Crippen LogP contribution < -0.4 is 0 Å². The molecule has 1 fully saturated rings. The van der Waals surface area contributed by atoms with Gasteiger partial charge in [0.05, 0.1) is 17.0 Å². The number of para-hydroxylation sites is 2. The van der Waals surface area contributed by atoms with Crippen molar-refractivity contribution in [1.29, 1.82) is 0 Å². The second-order valence-corrected chi connectivity index (χ2v) is 6.36. The van der Waals surface area contributed by atoms with Crippen LogP contribution in [0.15, 0.2) is 24.3 Å². The lowest BCUT2D eigenvalue weighted by molar-refractivity contribution is -0.145. The van der Waals surface area contributed by atoms with E-state index in [1.54, 1.807) is 16.7 Å². The highest BCUT2D eigenvalue weighted by atomic mass is 32.2. The zero-order valence-corrected chi connectivity index (χ0v) is 12.8. The molecule has 0 spiro atoms. The number of H-pyrrole nitrogens is 1. The van der Waals surface area contributed by atoms with E-state index in [-0.39, 0.29) is 11.8 Å². The van der Waals surface area contributed by atoms with Crippen molar-refractivity contribution in [1.82, 2.24) is 14.9 Å². The number of fused-ring (bicyclic) bond motifs is 1. The maximum atomic E-state index is 12.0. The third kappa shape index (κ3) is 2.91. The quantitative estimate of drug-likeness (QED) is 0.880. The van der Waals surface area contributed by atoms with Crippen molar-refractivity contribution in [3.63, 3.8) is 0 Å². The normalized spacial score (nSPS) is 17.0. The highest BCUT2D eigenvalue weighted by Crippen LogP contribution is 2.27. The number of aliphatic hydroxyl groups is 1. The predicted molar refractivity (Wildman–Crippen MR) is 84.4 cm³/mol. The van der Waals surface area contributed by atoms with E-state index in [2.05, 4.69) is 9.97 Å². The molecule has 1 unspecified atom stereocenters. The maximum absolute atomic E-state index is 12.0. The van der Waals surface area contributed by atoms with Gasteiger partial charge in [-0.2, -0.15) is 11.8 Å². The van der Waals surface area contributed by atoms with Crippen molar-refractivity contribution in [3.8, 4) is 0 Å². The van der Waals surface area contributed by atoms with Crippen LogP contribution in [0, 0.1) is 0 Å². The van der Waals surface area contributed by atoms with Crippen LogP contribution in [-0.4, -0.2) is 57.1 Å². The summed E-state index contributed by atoms with van der Waals surface area (Å²) in [5, 5.41) is 9.83. The van der Waals surface area contributed by atoms with Crippen molar-refractivity contribution < 1.29 is 9.90 Å². The first-order valence-corrected chi connectivity index (χ1v) is 8.49. The van der Waals surface area contributed by atoms with Crippen LogP contribution in [0.5, 0.6) is 0 Å². The number of aromatic nitrogens is 2. The molecule has 1 atom stereocenters. The van der Waals surface area contributed by atoms with Crippen molar-refractivity contribution in [2.45, 2.75) is 18.4 Å². The minimum atomic E-state index is -0.867. The van der Waals surface area contributed by atoms with Crippen LogP contribution in [0.4, 0.5) is 0 Å². The summed E-state index contributed by atoms with van der Waals surface area (Å²) < 4.78 is 0. The molecule has 3 rings (SSSR count). The van der Waals surface area contributed by atoms with Crippen LogP contribution in [-0.2, 0) is 4.79 Å². The molecule has 6 heteroatoms. The molecule has 0 saturated carbocycles.